The molecule has 5 heteroatoms. The molecule has 0 fully saturated rings. The number of rotatable bonds is 6. The van der Waals surface area contributed by atoms with Crippen molar-refractivity contribution in [3.8, 4) is 0 Å². The second kappa shape index (κ2) is 8.55. The Balaban J connectivity index is 1.97. The summed E-state index contributed by atoms with van der Waals surface area (Å²) in [6, 6.07) is 12.9. The summed E-state index contributed by atoms with van der Waals surface area (Å²) >= 11 is 1.57. The monoisotopic (exact) mass is 343 g/mol. The molecule has 2 aromatic carbocycles. The second-order valence-corrected chi connectivity index (χ2v) is 6.61. The SMILES string of the molecule is CCSc1ccccc1C(=O)OCC(=O)Nc1cccc(C)c1C. The van der Waals surface area contributed by atoms with Crippen molar-refractivity contribution in [1.29, 1.82) is 0 Å². The molecule has 0 saturated carbocycles. The van der Waals surface area contributed by atoms with E-state index in [-0.39, 0.29) is 12.5 Å². The van der Waals surface area contributed by atoms with Crippen molar-refractivity contribution >= 4 is 29.3 Å². The minimum absolute atomic E-state index is 0.308. The molecular weight excluding hydrogens is 322 g/mol. The lowest BCUT2D eigenvalue weighted by molar-refractivity contribution is -0.119. The molecule has 24 heavy (non-hydrogen) atoms. The van der Waals surface area contributed by atoms with Crippen LogP contribution in [-0.2, 0) is 9.53 Å². The van der Waals surface area contributed by atoms with Crippen molar-refractivity contribution in [2.24, 2.45) is 0 Å². The van der Waals surface area contributed by atoms with Gasteiger partial charge in [0.1, 0.15) is 0 Å². The van der Waals surface area contributed by atoms with E-state index >= 15 is 0 Å². The van der Waals surface area contributed by atoms with E-state index < -0.39 is 5.97 Å². The molecule has 0 aliphatic carbocycles. The minimum atomic E-state index is -0.484. The van der Waals surface area contributed by atoms with Gasteiger partial charge >= 0.3 is 5.97 Å². The molecule has 2 aromatic rings. The molecular formula is C19H21NO3S. The minimum Gasteiger partial charge on any atom is -0.452 e. The average Bonchev–Trinajstić information content (AvgIpc) is 2.58. The van der Waals surface area contributed by atoms with Gasteiger partial charge in [0, 0.05) is 10.6 Å². The first-order valence-corrected chi connectivity index (χ1v) is 8.76. The molecule has 0 heterocycles. The van der Waals surface area contributed by atoms with Gasteiger partial charge in [-0.05, 0) is 48.9 Å². The predicted octanol–water partition coefficient (Wildman–Crippen LogP) is 4.21. The highest BCUT2D eigenvalue weighted by atomic mass is 32.2. The lowest BCUT2D eigenvalue weighted by atomic mass is 10.1. The van der Waals surface area contributed by atoms with Crippen molar-refractivity contribution in [3.05, 3.63) is 59.2 Å². The topological polar surface area (TPSA) is 55.4 Å². The first-order chi connectivity index (χ1) is 11.5. The van der Waals surface area contributed by atoms with E-state index in [1.165, 1.54) is 0 Å². The first kappa shape index (κ1) is 18.1. The van der Waals surface area contributed by atoms with Crippen molar-refractivity contribution < 1.29 is 14.3 Å². The fourth-order valence-electron chi connectivity index (χ4n) is 2.20. The lowest BCUT2D eigenvalue weighted by Crippen LogP contribution is -2.21. The van der Waals surface area contributed by atoms with Crippen LogP contribution in [0.2, 0.25) is 0 Å². The molecule has 0 aliphatic heterocycles. The highest BCUT2D eigenvalue weighted by Crippen LogP contribution is 2.23. The summed E-state index contributed by atoms with van der Waals surface area (Å²) in [6.07, 6.45) is 0. The second-order valence-electron chi connectivity index (χ2n) is 5.30. The Labute approximate surface area is 146 Å². The van der Waals surface area contributed by atoms with Crippen molar-refractivity contribution in [3.63, 3.8) is 0 Å². The van der Waals surface area contributed by atoms with Gasteiger partial charge in [0.05, 0.1) is 5.56 Å². The Morgan fingerprint density at radius 1 is 1.08 bits per heavy atom. The van der Waals surface area contributed by atoms with E-state index in [0.29, 0.717) is 5.56 Å². The number of ether oxygens (including phenoxy) is 1. The van der Waals surface area contributed by atoms with Crippen LogP contribution >= 0.6 is 11.8 Å². The average molecular weight is 343 g/mol. The summed E-state index contributed by atoms with van der Waals surface area (Å²) in [4.78, 5) is 25.1. The fourth-order valence-corrected chi connectivity index (χ4v) is 2.99. The van der Waals surface area contributed by atoms with Crippen LogP contribution in [0.3, 0.4) is 0 Å². The lowest BCUT2D eigenvalue weighted by Gasteiger charge is -2.11. The van der Waals surface area contributed by atoms with Gasteiger partial charge in [0.15, 0.2) is 6.61 Å². The molecule has 2 rings (SSSR count). The largest absolute Gasteiger partial charge is 0.452 e. The van der Waals surface area contributed by atoms with Gasteiger partial charge in [-0.1, -0.05) is 31.2 Å². The number of esters is 1. The molecule has 0 aliphatic rings. The quantitative estimate of drug-likeness (QED) is 0.630. The van der Waals surface area contributed by atoms with E-state index in [2.05, 4.69) is 5.32 Å². The highest BCUT2D eigenvalue weighted by molar-refractivity contribution is 7.99. The highest BCUT2D eigenvalue weighted by Gasteiger charge is 2.14. The molecule has 1 amide bonds. The third-order valence-electron chi connectivity index (χ3n) is 3.62. The van der Waals surface area contributed by atoms with E-state index in [4.69, 9.17) is 4.74 Å². The third kappa shape index (κ3) is 4.61. The maximum Gasteiger partial charge on any atom is 0.339 e. The molecule has 0 radical (unpaired) electrons. The standard InChI is InChI=1S/C19H21NO3S/c1-4-24-17-11-6-5-9-15(17)19(22)23-12-18(21)20-16-10-7-8-13(2)14(16)3/h5-11H,4,12H2,1-3H3,(H,20,21). The van der Waals surface area contributed by atoms with Crippen LogP contribution in [-0.4, -0.2) is 24.2 Å². The molecule has 1 N–H and O–H groups in total. The van der Waals surface area contributed by atoms with Crippen molar-refractivity contribution in [2.45, 2.75) is 25.7 Å². The zero-order chi connectivity index (χ0) is 17.5. The van der Waals surface area contributed by atoms with Crippen molar-refractivity contribution in [1.82, 2.24) is 0 Å². The maximum absolute atomic E-state index is 12.2. The van der Waals surface area contributed by atoms with Gasteiger partial charge in [-0.3, -0.25) is 4.79 Å². The van der Waals surface area contributed by atoms with Crippen LogP contribution in [0, 0.1) is 13.8 Å². The number of hydrogen-bond donors (Lipinski definition) is 1. The van der Waals surface area contributed by atoms with Crippen LogP contribution < -0.4 is 5.32 Å². The number of thioether (sulfide) groups is 1. The summed E-state index contributed by atoms with van der Waals surface area (Å²) in [7, 11) is 0. The Bertz CT molecular complexity index is 743. The molecule has 0 unspecified atom stereocenters. The van der Waals surface area contributed by atoms with Crippen LogP contribution in [0.15, 0.2) is 47.4 Å². The fraction of sp³-hybridized carbons (Fsp3) is 0.263. The van der Waals surface area contributed by atoms with Gasteiger partial charge < -0.3 is 10.1 Å². The van der Waals surface area contributed by atoms with E-state index in [9.17, 15) is 9.59 Å². The summed E-state index contributed by atoms with van der Waals surface area (Å²) in [5, 5.41) is 2.78. The predicted molar refractivity (Wildman–Crippen MR) is 97.7 cm³/mol. The molecule has 0 bridgehead atoms. The van der Waals surface area contributed by atoms with E-state index in [1.807, 2.05) is 51.1 Å². The normalized spacial score (nSPS) is 10.3. The number of benzene rings is 2. The van der Waals surface area contributed by atoms with Crippen LogP contribution in [0.4, 0.5) is 5.69 Å². The van der Waals surface area contributed by atoms with Crippen LogP contribution in [0.5, 0.6) is 0 Å². The Morgan fingerprint density at radius 2 is 1.83 bits per heavy atom. The number of nitrogens with one attached hydrogen (secondary N) is 1. The van der Waals surface area contributed by atoms with Gasteiger partial charge in [-0.2, -0.15) is 0 Å². The number of anilines is 1. The summed E-state index contributed by atoms with van der Waals surface area (Å²) in [5.74, 6) is 0.0255. The summed E-state index contributed by atoms with van der Waals surface area (Å²) in [6.45, 7) is 5.63. The summed E-state index contributed by atoms with van der Waals surface area (Å²) in [5.41, 5.74) is 3.32. The number of carbonyl (C=O) groups is 2. The van der Waals surface area contributed by atoms with Crippen molar-refractivity contribution in [2.75, 3.05) is 17.7 Å². The Kier molecular flexibility index (Phi) is 6.44. The van der Waals surface area contributed by atoms with E-state index in [1.54, 1.807) is 23.9 Å². The molecule has 126 valence electrons. The van der Waals surface area contributed by atoms with Gasteiger partial charge in [-0.25, -0.2) is 4.79 Å². The number of hydrogen-bond acceptors (Lipinski definition) is 4. The Morgan fingerprint density at radius 3 is 2.58 bits per heavy atom. The number of amides is 1. The number of aryl methyl sites for hydroxylation is 1. The zero-order valence-corrected chi connectivity index (χ0v) is 14.9. The third-order valence-corrected chi connectivity index (χ3v) is 4.58. The zero-order valence-electron chi connectivity index (χ0n) is 14.1. The molecule has 0 aromatic heterocycles. The van der Waals surface area contributed by atoms with Gasteiger partial charge in [0.2, 0.25) is 0 Å². The molecule has 0 saturated heterocycles. The van der Waals surface area contributed by atoms with Crippen LogP contribution in [0.1, 0.15) is 28.4 Å². The van der Waals surface area contributed by atoms with Crippen LogP contribution in [0.25, 0.3) is 0 Å². The first-order valence-electron chi connectivity index (χ1n) is 7.78. The molecule has 0 atom stereocenters. The number of carbonyl (C=O) groups excluding carboxylic acids is 2. The summed E-state index contributed by atoms with van der Waals surface area (Å²) < 4.78 is 5.15. The van der Waals surface area contributed by atoms with Gasteiger partial charge in [-0.15, -0.1) is 11.8 Å². The Hall–Kier alpha value is -2.27. The molecule has 0 spiro atoms. The molecule has 4 nitrogen and oxygen atoms in total. The van der Waals surface area contributed by atoms with Gasteiger partial charge in [0.25, 0.3) is 5.91 Å². The van der Waals surface area contributed by atoms with E-state index in [0.717, 1.165) is 27.5 Å². The maximum atomic E-state index is 12.2. The smallest absolute Gasteiger partial charge is 0.339 e.